The minimum absolute atomic E-state index is 0.00251. The van der Waals surface area contributed by atoms with Gasteiger partial charge in [-0.15, -0.1) is 0 Å². The van der Waals surface area contributed by atoms with Crippen LogP contribution >= 0.6 is 11.6 Å². The van der Waals surface area contributed by atoms with Gasteiger partial charge >= 0.3 is 0 Å². The molecule has 0 aliphatic heterocycles. The molecule has 0 aromatic heterocycles. The number of carbonyl (C=O) groups is 3. The topological polar surface area (TPSA) is 182 Å². The molecule has 7 N–H and O–H groups in total. The number of aliphatic hydroxyl groups excluding tert-OH is 3. The second-order valence-electron chi connectivity index (χ2n) is 8.47. The van der Waals surface area contributed by atoms with E-state index in [0.29, 0.717) is 0 Å². The largest absolute Gasteiger partial charge is 0.508 e. The van der Waals surface area contributed by atoms with E-state index in [9.17, 15) is 39.9 Å². The Morgan fingerprint density at radius 2 is 1.84 bits per heavy atom. The van der Waals surface area contributed by atoms with Gasteiger partial charge < -0.3 is 31.3 Å². The maximum atomic E-state index is 13.6. The lowest BCUT2D eigenvalue weighted by molar-refractivity contribution is -0.155. The van der Waals surface area contributed by atoms with Crippen LogP contribution in [0.3, 0.4) is 0 Å². The maximum Gasteiger partial charge on any atom is 0.255 e. The number of primary amides is 1. The van der Waals surface area contributed by atoms with Gasteiger partial charge in [0.05, 0.1) is 17.7 Å². The normalized spacial score (nSPS) is 32.1. The number of hydrogen-bond donors (Lipinski definition) is 6. The number of carbonyl (C=O) groups excluding carboxylic acids is 3. The van der Waals surface area contributed by atoms with Gasteiger partial charge in [-0.3, -0.25) is 19.3 Å². The highest BCUT2D eigenvalue weighted by Gasteiger charge is 2.65. The van der Waals surface area contributed by atoms with Crippen molar-refractivity contribution in [2.45, 2.75) is 24.2 Å². The van der Waals surface area contributed by atoms with E-state index in [4.69, 9.17) is 17.3 Å². The average molecular weight is 465 g/mol. The molecule has 11 heteroatoms. The van der Waals surface area contributed by atoms with Gasteiger partial charge in [0.1, 0.15) is 22.8 Å². The van der Waals surface area contributed by atoms with E-state index in [-0.39, 0.29) is 22.6 Å². The van der Waals surface area contributed by atoms with Gasteiger partial charge in [-0.1, -0.05) is 11.6 Å². The standard InChI is InChI=1S/C21H21ClN2O8/c1-24(2)14-7-5-6-10(16(27)12-9(25)4-3-8(22)11(12)15(6)26)18(29)21(7,32)19(30)13(17(14)28)20(23)31/h3-4,6-7,14-15,25-27,30,32H,5H2,1-2H3,(H2,23,31)/t6?,7?,14-,15?,21?/m0/s1. The Kier molecular flexibility index (Phi) is 4.90. The zero-order valence-electron chi connectivity index (χ0n) is 17.0. The van der Waals surface area contributed by atoms with Gasteiger partial charge in [0.15, 0.2) is 11.4 Å². The highest BCUT2D eigenvalue weighted by Crippen LogP contribution is 2.56. The first-order valence-corrected chi connectivity index (χ1v) is 10.1. The van der Waals surface area contributed by atoms with Crippen molar-refractivity contribution >= 4 is 34.8 Å². The number of ketones is 2. The molecule has 0 radical (unpaired) electrons. The number of amides is 1. The highest BCUT2D eigenvalue weighted by atomic mass is 35.5. The first kappa shape index (κ1) is 22.3. The fraction of sp³-hybridized carbons (Fsp3) is 0.381. The lowest BCUT2D eigenvalue weighted by atomic mass is 9.57. The summed E-state index contributed by atoms with van der Waals surface area (Å²) in [6, 6.07) is 1.25. The molecular formula is C21H21ClN2O8. The molecule has 0 saturated heterocycles. The summed E-state index contributed by atoms with van der Waals surface area (Å²) in [7, 11) is 2.97. The number of halogens is 1. The maximum absolute atomic E-state index is 13.6. The number of Topliss-reactive ketones (excluding diaryl/α,β-unsaturated/α-hetero) is 2. The highest BCUT2D eigenvalue weighted by molar-refractivity contribution is 6.32. The van der Waals surface area contributed by atoms with E-state index < -0.39 is 75.5 Å². The van der Waals surface area contributed by atoms with Gasteiger partial charge in [-0.05, 0) is 32.6 Å². The van der Waals surface area contributed by atoms with Crippen LogP contribution in [0.4, 0.5) is 0 Å². The van der Waals surface area contributed by atoms with Crippen molar-refractivity contribution in [1.82, 2.24) is 4.90 Å². The zero-order chi connectivity index (χ0) is 23.9. The number of likely N-dealkylation sites (N-methyl/N-ethyl adjacent to an activating group) is 1. The first-order valence-electron chi connectivity index (χ1n) is 9.69. The predicted octanol–water partition coefficient (Wildman–Crippen LogP) is 0.108. The summed E-state index contributed by atoms with van der Waals surface area (Å²) in [6.45, 7) is 0. The van der Waals surface area contributed by atoms with Crippen LogP contribution in [-0.4, -0.2) is 73.6 Å². The Balaban J connectivity index is 2.03. The lowest BCUT2D eigenvalue weighted by Crippen LogP contribution is -2.66. The van der Waals surface area contributed by atoms with Crippen LogP contribution in [0.25, 0.3) is 5.76 Å². The van der Waals surface area contributed by atoms with Gasteiger partial charge in [-0.2, -0.15) is 0 Å². The van der Waals surface area contributed by atoms with Crippen molar-refractivity contribution in [3.8, 4) is 5.75 Å². The fourth-order valence-corrected chi connectivity index (χ4v) is 5.51. The van der Waals surface area contributed by atoms with E-state index >= 15 is 0 Å². The Hall–Kier alpha value is -2.92. The summed E-state index contributed by atoms with van der Waals surface area (Å²) in [5.74, 6) is -8.19. The Morgan fingerprint density at radius 1 is 1.22 bits per heavy atom. The fourth-order valence-electron chi connectivity index (χ4n) is 5.24. The predicted molar refractivity (Wildman–Crippen MR) is 111 cm³/mol. The second-order valence-corrected chi connectivity index (χ2v) is 8.87. The third-order valence-electron chi connectivity index (χ3n) is 6.64. The molecule has 1 aromatic rings. The molecule has 1 amide bonds. The molecule has 0 heterocycles. The molecule has 4 rings (SSSR count). The summed E-state index contributed by atoms with van der Waals surface area (Å²) < 4.78 is 0. The van der Waals surface area contributed by atoms with Gasteiger partial charge in [-0.25, -0.2) is 0 Å². The molecule has 3 aliphatic carbocycles. The van der Waals surface area contributed by atoms with Crippen molar-refractivity contribution < 1.29 is 39.9 Å². The number of rotatable bonds is 2. The average Bonchev–Trinajstić information content (AvgIpc) is 2.69. The Bertz CT molecular complexity index is 1160. The zero-order valence-corrected chi connectivity index (χ0v) is 17.8. The minimum Gasteiger partial charge on any atom is -0.508 e. The monoisotopic (exact) mass is 464 g/mol. The van der Waals surface area contributed by atoms with Crippen LogP contribution < -0.4 is 5.73 Å². The molecule has 0 bridgehead atoms. The number of phenols is 1. The number of nitrogens with zero attached hydrogens (tertiary/aromatic N) is 1. The van der Waals surface area contributed by atoms with Crippen molar-refractivity contribution in [1.29, 1.82) is 0 Å². The van der Waals surface area contributed by atoms with E-state index in [1.54, 1.807) is 0 Å². The second kappa shape index (κ2) is 7.04. The number of fused-ring (bicyclic) bond motifs is 3. The van der Waals surface area contributed by atoms with Gasteiger partial charge in [0.2, 0.25) is 5.78 Å². The molecule has 5 atom stereocenters. The number of aliphatic hydroxyl groups is 4. The van der Waals surface area contributed by atoms with Crippen LogP contribution in [0, 0.1) is 11.8 Å². The molecule has 32 heavy (non-hydrogen) atoms. The summed E-state index contributed by atoms with van der Waals surface area (Å²) in [5, 5.41) is 54.4. The third-order valence-corrected chi connectivity index (χ3v) is 6.97. The SMILES string of the molecule is CN(C)[C@@H]1C(=O)C(C(N)=O)=C(O)C2(O)C(=O)C3=C(O)c4c(O)ccc(Cl)c4C(O)C3CC12. The van der Waals surface area contributed by atoms with Crippen LogP contribution in [0.2, 0.25) is 5.02 Å². The van der Waals surface area contributed by atoms with E-state index in [1.165, 1.54) is 31.1 Å². The summed E-state index contributed by atoms with van der Waals surface area (Å²) in [4.78, 5) is 39.8. The van der Waals surface area contributed by atoms with Crippen LogP contribution in [0.5, 0.6) is 5.75 Å². The van der Waals surface area contributed by atoms with Crippen molar-refractivity contribution in [2.75, 3.05) is 14.1 Å². The first-order chi connectivity index (χ1) is 14.8. The van der Waals surface area contributed by atoms with Gasteiger partial charge in [0, 0.05) is 28.0 Å². The van der Waals surface area contributed by atoms with Crippen molar-refractivity contribution in [3.05, 3.63) is 45.2 Å². The molecule has 1 aromatic carbocycles. The molecule has 3 aliphatic rings. The quantitative estimate of drug-likeness (QED) is 0.331. The number of benzene rings is 1. The number of hydrogen-bond acceptors (Lipinski definition) is 9. The smallest absolute Gasteiger partial charge is 0.255 e. The van der Waals surface area contributed by atoms with Gasteiger partial charge in [0.25, 0.3) is 5.91 Å². The molecule has 1 saturated carbocycles. The third kappa shape index (κ3) is 2.61. The molecule has 10 nitrogen and oxygen atoms in total. The van der Waals surface area contributed by atoms with Crippen molar-refractivity contribution in [2.24, 2.45) is 17.6 Å². The van der Waals surface area contributed by atoms with Crippen molar-refractivity contribution in [3.63, 3.8) is 0 Å². The number of nitrogens with two attached hydrogens (primary N) is 1. The Morgan fingerprint density at radius 3 is 2.41 bits per heavy atom. The van der Waals surface area contributed by atoms with E-state index in [2.05, 4.69) is 0 Å². The summed E-state index contributed by atoms with van der Waals surface area (Å²) in [6.07, 6.45) is -1.70. The van der Waals surface area contributed by atoms with Crippen LogP contribution in [0.15, 0.2) is 29.0 Å². The summed E-state index contributed by atoms with van der Waals surface area (Å²) in [5.41, 5.74) is 0.845. The molecular weight excluding hydrogens is 444 g/mol. The summed E-state index contributed by atoms with van der Waals surface area (Å²) >= 11 is 6.19. The van der Waals surface area contributed by atoms with E-state index in [0.717, 1.165) is 0 Å². The number of aromatic hydroxyl groups is 1. The molecule has 1 fully saturated rings. The van der Waals surface area contributed by atoms with Crippen LogP contribution in [-0.2, 0) is 14.4 Å². The van der Waals surface area contributed by atoms with Crippen LogP contribution in [0.1, 0.15) is 23.7 Å². The molecule has 4 unspecified atom stereocenters. The lowest BCUT2D eigenvalue weighted by Gasteiger charge is -2.51. The Labute approximate surface area is 186 Å². The molecule has 0 spiro atoms. The minimum atomic E-state index is -2.77. The molecule has 170 valence electrons. The number of phenolic OH excluding ortho intramolecular Hbond substituents is 1. The van der Waals surface area contributed by atoms with E-state index in [1.807, 2.05) is 0 Å².